The fraction of sp³-hybridized carbons (Fsp3) is 0.536. The highest BCUT2D eigenvalue weighted by Gasteiger charge is 2.54. The third kappa shape index (κ3) is 6.61. The molecule has 3 amide bonds. The highest BCUT2D eigenvalue weighted by atomic mass is 32.2. The number of carbonyl (C=O) groups excluding carboxylic acids is 3. The SMILES string of the molecule is Cn1cncc1C(=O)N[C@@H](CC/C=C/S(C)(=O)=O)C(=O)Nc1cccn(CC(=O)NC2C3CC4CC(C3)C2C4)c1=O. The Labute approximate surface area is 238 Å². The standard InChI is InChI=1S/C28H36N6O6S/c1-33-16-29-14-23(33)27(37)30-21(6-3-4-9-41(2,39)40)26(36)31-22-7-5-8-34(28(22)38)15-24(35)32-25-19-11-17-10-18(13-19)20(25)12-17/h4-5,7-9,14,16-21,25H,3,6,10-13,15H2,1-2H3,(H,30,37)(H,31,36)(H,32,35)/b9-4+/t17?,18?,19?,20?,21-,25?/m0/s1. The lowest BCUT2D eigenvalue weighted by Gasteiger charge is -2.32. The largest absolute Gasteiger partial charge is 0.351 e. The van der Waals surface area contributed by atoms with E-state index in [1.54, 1.807) is 13.1 Å². The van der Waals surface area contributed by atoms with Gasteiger partial charge < -0.3 is 25.1 Å². The van der Waals surface area contributed by atoms with Gasteiger partial charge in [0, 0.05) is 31.0 Å². The molecule has 0 aliphatic heterocycles. The maximum atomic E-state index is 13.2. The summed E-state index contributed by atoms with van der Waals surface area (Å²) in [7, 11) is -1.71. The number of anilines is 1. The van der Waals surface area contributed by atoms with E-state index in [1.165, 1.54) is 65.7 Å². The number of nitrogens with zero attached hydrogens (tertiary/aromatic N) is 3. The number of allylic oxidation sites excluding steroid dienone is 1. The molecule has 0 saturated heterocycles. The number of hydrogen-bond donors (Lipinski definition) is 3. The van der Waals surface area contributed by atoms with Gasteiger partial charge in [0.05, 0.1) is 12.5 Å². The van der Waals surface area contributed by atoms with E-state index in [2.05, 4.69) is 20.9 Å². The topological polar surface area (TPSA) is 161 Å². The molecule has 2 aromatic heterocycles. The molecule has 3 N–H and O–H groups in total. The number of pyridine rings is 1. The van der Waals surface area contributed by atoms with Crippen molar-refractivity contribution in [2.24, 2.45) is 30.7 Å². The average molecular weight is 585 g/mol. The molecule has 5 unspecified atom stereocenters. The minimum atomic E-state index is -3.35. The van der Waals surface area contributed by atoms with Crippen LogP contribution in [0, 0.1) is 23.7 Å². The first kappa shape index (κ1) is 28.8. The smallest absolute Gasteiger partial charge is 0.274 e. The Morgan fingerprint density at radius 3 is 2.66 bits per heavy atom. The summed E-state index contributed by atoms with van der Waals surface area (Å²) in [6.07, 6.45) is 11.8. The number of aromatic nitrogens is 3. The van der Waals surface area contributed by atoms with Crippen molar-refractivity contribution < 1.29 is 22.8 Å². The highest BCUT2D eigenvalue weighted by molar-refractivity contribution is 7.93. The van der Waals surface area contributed by atoms with Crippen LogP contribution in [0.1, 0.15) is 49.0 Å². The van der Waals surface area contributed by atoms with Crippen molar-refractivity contribution in [1.82, 2.24) is 24.8 Å². The Hall–Kier alpha value is -3.74. The first-order valence-corrected chi connectivity index (χ1v) is 15.9. The second kappa shape index (κ2) is 11.6. The van der Waals surface area contributed by atoms with E-state index in [0.717, 1.165) is 17.6 Å². The predicted molar refractivity (Wildman–Crippen MR) is 151 cm³/mol. The van der Waals surface area contributed by atoms with Crippen molar-refractivity contribution in [3.05, 3.63) is 58.4 Å². The van der Waals surface area contributed by atoms with E-state index >= 15 is 0 Å². The monoisotopic (exact) mass is 584 g/mol. The van der Waals surface area contributed by atoms with E-state index < -0.39 is 33.3 Å². The van der Waals surface area contributed by atoms with Gasteiger partial charge in [-0.1, -0.05) is 6.08 Å². The molecule has 6 atom stereocenters. The van der Waals surface area contributed by atoms with E-state index in [9.17, 15) is 27.6 Å². The average Bonchev–Trinajstić information content (AvgIpc) is 3.53. The molecule has 4 saturated carbocycles. The number of amides is 3. The number of nitrogens with one attached hydrogen (secondary N) is 3. The van der Waals surface area contributed by atoms with Crippen molar-refractivity contribution in [2.45, 2.75) is 57.2 Å². The molecule has 0 aromatic carbocycles. The number of imidazole rings is 1. The van der Waals surface area contributed by atoms with E-state index in [0.29, 0.717) is 17.8 Å². The minimum Gasteiger partial charge on any atom is -0.351 e. The van der Waals surface area contributed by atoms with Crippen LogP contribution in [-0.2, 0) is 33.0 Å². The summed E-state index contributed by atoms with van der Waals surface area (Å²) in [5.74, 6) is 1.15. The maximum absolute atomic E-state index is 13.2. The van der Waals surface area contributed by atoms with Crippen LogP contribution in [0.15, 0.2) is 47.1 Å². The molecule has 2 aromatic rings. The van der Waals surface area contributed by atoms with Gasteiger partial charge in [-0.3, -0.25) is 19.2 Å². The second-order valence-corrected chi connectivity index (χ2v) is 13.6. The van der Waals surface area contributed by atoms with Crippen molar-refractivity contribution >= 4 is 33.2 Å². The molecule has 4 fully saturated rings. The molecule has 4 bridgehead atoms. The van der Waals surface area contributed by atoms with Crippen LogP contribution in [0.3, 0.4) is 0 Å². The summed E-state index contributed by atoms with van der Waals surface area (Å²) < 4.78 is 25.6. The van der Waals surface area contributed by atoms with Gasteiger partial charge in [-0.15, -0.1) is 0 Å². The van der Waals surface area contributed by atoms with Crippen molar-refractivity contribution in [3.8, 4) is 0 Å². The zero-order chi connectivity index (χ0) is 29.3. The second-order valence-electron chi connectivity index (χ2n) is 11.6. The van der Waals surface area contributed by atoms with Gasteiger partial charge in [0.2, 0.25) is 11.8 Å². The number of hydrogen-bond acceptors (Lipinski definition) is 7. The van der Waals surface area contributed by atoms with Gasteiger partial charge in [0.15, 0.2) is 9.84 Å². The van der Waals surface area contributed by atoms with Crippen LogP contribution in [0.25, 0.3) is 0 Å². The molecule has 4 aliphatic carbocycles. The number of rotatable bonds is 11. The third-order valence-electron chi connectivity index (χ3n) is 8.61. The molecule has 0 radical (unpaired) electrons. The zero-order valence-electron chi connectivity index (χ0n) is 23.2. The normalized spacial score (nSPS) is 25.4. The minimum absolute atomic E-state index is 0.0321. The number of carbonyl (C=O) groups is 3. The number of sulfone groups is 1. The van der Waals surface area contributed by atoms with Gasteiger partial charge in [-0.25, -0.2) is 13.4 Å². The summed E-state index contributed by atoms with van der Waals surface area (Å²) in [5.41, 5.74) is -0.347. The number of aryl methyl sites for hydroxylation is 1. The fourth-order valence-electron chi connectivity index (χ4n) is 6.91. The summed E-state index contributed by atoms with van der Waals surface area (Å²) >= 11 is 0. The van der Waals surface area contributed by atoms with Crippen LogP contribution >= 0.6 is 0 Å². The molecule has 13 heteroatoms. The van der Waals surface area contributed by atoms with Gasteiger partial charge >= 0.3 is 0 Å². The van der Waals surface area contributed by atoms with Crippen molar-refractivity contribution in [2.75, 3.05) is 11.6 Å². The third-order valence-corrected chi connectivity index (χ3v) is 9.30. The molecule has 0 spiro atoms. The predicted octanol–water partition coefficient (Wildman–Crippen LogP) is 1.21. The van der Waals surface area contributed by atoms with Gasteiger partial charge in [-0.2, -0.15) is 0 Å². The van der Waals surface area contributed by atoms with E-state index in [1.807, 2.05) is 0 Å². The molecule has 2 heterocycles. The lowest BCUT2D eigenvalue weighted by molar-refractivity contribution is -0.123. The summed E-state index contributed by atoms with van der Waals surface area (Å²) in [6.45, 7) is -0.163. The quantitative estimate of drug-likeness (QED) is 0.358. The first-order valence-electron chi connectivity index (χ1n) is 13.9. The van der Waals surface area contributed by atoms with E-state index in [-0.39, 0.29) is 42.7 Å². The Balaban J connectivity index is 1.25. The highest BCUT2D eigenvalue weighted by Crippen LogP contribution is 2.58. The Bertz CT molecular complexity index is 1520. The molecule has 4 aliphatic rings. The maximum Gasteiger partial charge on any atom is 0.274 e. The molecule has 6 rings (SSSR count). The van der Waals surface area contributed by atoms with E-state index in [4.69, 9.17) is 0 Å². The summed E-state index contributed by atoms with van der Waals surface area (Å²) in [5, 5.41) is 9.44. The lowest BCUT2D eigenvalue weighted by atomic mass is 9.79. The molecule has 12 nitrogen and oxygen atoms in total. The Morgan fingerprint density at radius 1 is 1.17 bits per heavy atom. The summed E-state index contributed by atoms with van der Waals surface area (Å²) in [6, 6.07) is 2.10. The van der Waals surface area contributed by atoms with Crippen LogP contribution < -0.4 is 21.5 Å². The molecular formula is C28H36N6O6S. The Kier molecular flexibility index (Phi) is 8.16. The van der Waals surface area contributed by atoms with Crippen LogP contribution in [0.5, 0.6) is 0 Å². The molecule has 220 valence electrons. The van der Waals surface area contributed by atoms with Gasteiger partial charge in [0.1, 0.15) is 24.0 Å². The first-order chi connectivity index (χ1) is 19.5. The zero-order valence-corrected chi connectivity index (χ0v) is 24.0. The van der Waals surface area contributed by atoms with Crippen molar-refractivity contribution in [1.29, 1.82) is 0 Å². The fourth-order valence-corrected chi connectivity index (χ4v) is 7.39. The van der Waals surface area contributed by atoms with Crippen LogP contribution in [-0.4, -0.2) is 58.6 Å². The Morgan fingerprint density at radius 2 is 1.95 bits per heavy atom. The van der Waals surface area contributed by atoms with Crippen molar-refractivity contribution in [3.63, 3.8) is 0 Å². The molecule has 41 heavy (non-hydrogen) atoms. The summed E-state index contributed by atoms with van der Waals surface area (Å²) in [4.78, 5) is 56.0. The molecular weight excluding hydrogens is 548 g/mol. The van der Waals surface area contributed by atoms with Crippen LogP contribution in [0.4, 0.5) is 5.69 Å². The van der Waals surface area contributed by atoms with Crippen LogP contribution in [0.2, 0.25) is 0 Å². The van der Waals surface area contributed by atoms with Gasteiger partial charge in [0.25, 0.3) is 11.5 Å². The van der Waals surface area contributed by atoms with Gasteiger partial charge in [-0.05, 0) is 74.3 Å². The lowest BCUT2D eigenvalue weighted by Crippen LogP contribution is -2.46.